The summed E-state index contributed by atoms with van der Waals surface area (Å²) >= 11 is 0. The number of hydrogen-bond acceptors (Lipinski definition) is 2. The van der Waals surface area contributed by atoms with Gasteiger partial charge in [0.25, 0.3) is 0 Å². The summed E-state index contributed by atoms with van der Waals surface area (Å²) in [6, 6.07) is 7.63. The quantitative estimate of drug-likeness (QED) is 0.784. The number of halogens is 1. The van der Waals surface area contributed by atoms with Crippen molar-refractivity contribution in [1.82, 2.24) is 5.32 Å². The van der Waals surface area contributed by atoms with Crippen molar-refractivity contribution in [3.8, 4) is 0 Å². The fraction of sp³-hybridized carbons (Fsp3) is 0.600. The van der Waals surface area contributed by atoms with Crippen molar-refractivity contribution in [1.29, 1.82) is 0 Å². The molecule has 3 heteroatoms. The van der Waals surface area contributed by atoms with Crippen LogP contribution in [0, 0.1) is 5.82 Å². The smallest absolute Gasteiger partial charge is 0.126 e. The predicted octanol–water partition coefficient (Wildman–Crippen LogP) is 3.09. The number of rotatable bonds is 6. The Hall–Kier alpha value is -0.930. The van der Waals surface area contributed by atoms with E-state index in [1.54, 1.807) is 12.1 Å². The molecule has 0 heterocycles. The van der Waals surface area contributed by atoms with Crippen molar-refractivity contribution in [2.75, 3.05) is 13.2 Å². The summed E-state index contributed by atoms with van der Waals surface area (Å²) in [4.78, 5) is 0. The van der Waals surface area contributed by atoms with Gasteiger partial charge in [-0.15, -0.1) is 0 Å². The minimum absolute atomic E-state index is 0.0657. The van der Waals surface area contributed by atoms with E-state index in [-0.39, 0.29) is 5.82 Å². The van der Waals surface area contributed by atoms with Crippen molar-refractivity contribution < 1.29 is 9.13 Å². The third kappa shape index (κ3) is 3.53. The van der Waals surface area contributed by atoms with E-state index in [0.717, 1.165) is 31.6 Å². The van der Waals surface area contributed by atoms with Gasteiger partial charge in [0.05, 0.1) is 12.7 Å². The van der Waals surface area contributed by atoms with Crippen LogP contribution in [0.15, 0.2) is 24.3 Å². The molecule has 1 aromatic carbocycles. The summed E-state index contributed by atoms with van der Waals surface area (Å²) in [6.07, 6.45) is 2.35. The van der Waals surface area contributed by atoms with Gasteiger partial charge in [0.15, 0.2) is 0 Å². The molecular weight excluding hydrogens is 229 g/mol. The second-order valence-electron chi connectivity index (χ2n) is 5.26. The van der Waals surface area contributed by atoms with E-state index in [4.69, 9.17) is 4.74 Å². The maximum absolute atomic E-state index is 13.5. The van der Waals surface area contributed by atoms with Crippen LogP contribution in [0.3, 0.4) is 0 Å². The molecule has 0 atom stereocenters. The summed E-state index contributed by atoms with van der Waals surface area (Å²) in [5.74, 6) is 0.318. The standard InChI is InChI=1S/C15H22FNO/c1-11(2)18-8-7-17-13-9-12(10-13)14-5-3-4-6-15(14)16/h3-6,11-13,17H,7-10H2,1-2H3. The molecule has 2 rings (SSSR count). The highest BCUT2D eigenvalue weighted by atomic mass is 19.1. The summed E-state index contributed by atoms with van der Waals surface area (Å²) in [7, 11) is 0. The Kier molecular flexibility index (Phi) is 4.72. The van der Waals surface area contributed by atoms with Gasteiger partial charge in [-0.1, -0.05) is 18.2 Å². The van der Waals surface area contributed by atoms with Gasteiger partial charge in [0.1, 0.15) is 5.82 Å². The molecule has 0 radical (unpaired) electrons. The molecular formula is C15H22FNO. The van der Waals surface area contributed by atoms with Crippen molar-refractivity contribution in [2.24, 2.45) is 0 Å². The molecule has 2 nitrogen and oxygen atoms in total. The Labute approximate surface area is 109 Å². The zero-order valence-corrected chi connectivity index (χ0v) is 11.2. The van der Waals surface area contributed by atoms with E-state index in [2.05, 4.69) is 5.32 Å². The zero-order chi connectivity index (χ0) is 13.0. The van der Waals surface area contributed by atoms with E-state index in [1.807, 2.05) is 26.0 Å². The SMILES string of the molecule is CC(C)OCCNC1CC(c2ccccc2F)C1. The van der Waals surface area contributed by atoms with Crippen LogP contribution in [-0.4, -0.2) is 25.3 Å². The van der Waals surface area contributed by atoms with Crippen LogP contribution < -0.4 is 5.32 Å². The van der Waals surface area contributed by atoms with Gasteiger partial charge in [-0.05, 0) is 44.2 Å². The first-order valence-corrected chi connectivity index (χ1v) is 6.76. The molecule has 0 saturated heterocycles. The van der Waals surface area contributed by atoms with E-state index in [9.17, 15) is 4.39 Å². The molecule has 0 unspecified atom stereocenters. The molecule has 1 aromatic rings. The average Bonchev–Trinajstić information content (AvgIpc) is 2.28. The maximum Gasteiger partial charge on any atom is 0.126 e. The summed E-state index contributed by atoms with van der Waals surface area (Å²) in [5, 5.41) is 3.45. The average molecular weight is 251 g/mol. The van der Waals surface area contributed by atoms with Crippen LogP contribution in [-0.2, 0) is 4.74 Å². The normalized spacial score (nSPS) is 23.1. The zero-order valence-electron chi connectivity index (χ0n) is 11.2. The first-order chi connectivity index (χ1) is 8.66. The molecule has 0 aromatic heterocycles. The Balaban J connectivity index is 1.67. The van der Waals surface area contributed by atoms with Gasteiger partial charge in [-0.25, -0.2) is 4.39 Å². The van der Waals surface area contributed by atoms with Crippen LogP contribution in [0.5, 0.6) is 0 Å². The predicted molar refractivity (Wildman–Crippen MR) is 71.3 cm³/mol. The second kappa shape index (κ2) is 6.30. The highest BCUT2D eigenvalue weighted by Gasteiger charge is 2.31. The Morgan fingerprint density at radius 2 is 2.06 bits per heavy atom. The van der Waals surface area contributed by atoms with E-state index in [0.29, 0.717) is 18.1 Å². The van der Waals surface area contributed by atoms with E-state index in [1.165, 1.54) is 0 Å². The van der Waals surface area contributed by atoms with Crippen LogP contribution in [0.25, 0.3) is 0 Å². The third-order valence-corrected chi connectivity index (χ3v) is 3.47. The number of ether oxygens (including phenoxy) is 1. The van der Waals surface area contributed by atoms with Gasteiger partial charge in [-0.3, -0.25) is 0 Å². The Bertz CT molecular complexity index is 375. The molecule has 100 valence electrons. The van der Waals surface area contributed by atoms with Crippen molar-refractivity contribution in [2.45, 2.75) is 44.8 Å². The largest absolute Gasteiger partial charge is 0.377 e. The molecule has 1 aliphatic rings. The summed E-state index contributed by atoms with van der Waals surface area (Å²) in [5.41, 5.74) is 0.869. The Morgan fingerprint density at radius 3 is 2.72 bits per heavy atom. The molecule has 18 heavy (non-hydrogen) atoms. The maximum atomic E-state index is 13.5. The van der Waals surface area contributed by atoms with Crippen molar-refractivity contribution in [3.05, 3.63) is 35.6 Å². The number of hydrogen-bond donors (Lipinski definition) is 1. The van der Waals surface area contributed by atoms with Crippen LogP contribution in [0.2, 0.25) is 0 Å². The second-order valence-corrected chi connectivity index (χ2v) is 5.26. The third-order valence-electron chi connectivity index (χ3n) is 3.47. The minimum Gasteiger partial charge on any atom is -0.377 e. The topological polar surface area (TPSA) is 21.3 Å². The molecule has 1 N–H and O–H groups in total. The van der Waals surface area contributed by atoms with Crippen LogP contribution in [0.4, 0.5) is 4.39 Å². The first kappa shape index (κ1) is 13.5. The molecule has 0 bridgehead atoms. The van der Waals surface area contributed by atoms with Crippen LogP contribution in [0.1, 0.15) is 38.2 Å². The lowest BCUT2D eigenvalue weighted by Gasteiger charge is -2.36. The van der Waals surface area contributed by atoms with Gasteiger partial charge in [-0.2, -0.15) is 0 Å². The highest BCUT2D eigenvalue weighted by molar-refractivity contribution is 5.24. The Morgan fingerprint density at radius 1 is 1.33 bits per heavy atom. The lowest BCUT2D eigenvalue weighted by molar-refractivity contribution is 0.0767. The fourth-order valence-corrected chi connectivity index (χ4v) is 2.40. The monoisotopic (exact) mass is 251 g/mol. The lowest BCUT2D eigenvalue weighted by atomic mass is 9.75. The van der Waals surface area contributed by atoms with Crippen LogP contribution >= 0.6 is 0 Å². The molecule has 1 fully saturated rings. The number of benzene rings is 1. The minimum atomic E-state index is -0.0657. The summed E-state index contributed by atoms with van der Waals surface area (Å²) in [6.45, 7) is 5.71. The van der Waals surface area contributed by atoms with Gasteiger partial charge >= 0.3 is 0 Å². The van der Waals surface area contributed by atoms with Gasteiger partial charge in [0.2, 0.25) is 0 Å². The van der Waals surface area contributed by atoms with Crippen molar-refractivity contribution in [3.63, 3.8) is 0 Å². The van der Waals surface area contributed by atoms with Gasteiger partial charge < -0.3 is 10.1 Å². The fourth-order valence-electron chi connectivity index (χ4n) is 2.40. The molecule has 1 aliphatic carbocycles. The van der Waals surface area contributed by atoms with Gasteiger partial charge in [0, 0.05) is 12.6 Å². The molecule has 0 amide bonds. The summed E-state index contributed by atoms with van der Waals surface area (Å²) < 4.78 is 19.0. The van der Waals surface area contributed by atoms with E-state index < -0.39 is 0 Å². The highest BCUT2D eigenvalue weighted by Crippen LogP contribution is 2.37. The van der Waals surface area contributed by atoms with E-state index >= 15 is 0 Å². The molecule has 1 saturated carbocycles. The van der Waals surface area contributed by atoms with Crippen molar-refractivity contribution >= 4 is 0 Å². The number of nitrogens with one attached hydrogen (secondary N) is 1. The lowest BCUT2D eigenvalue weighted by Crippen LogP contribution is -2.41. The first-order valence-electron chi connectivity index (χ1n) is 6.76. The molecule has 0 aliphatic heterocycles. The molecule has 0 spiro atoms.